The van der Waals surface area contributed by atoms with Crippen molar-refractivity contribution in [3.05, 3.63) is 34.8 Å². The van der Waals surface area contributed by atoms with Crippen LogP contribution in [-0.4, -0.2) is 41.9 Å². The van der Waals surface area contributed by atoms with Crippen molar-refractivity contribution in [1.29, 1.82) is 0 Å². The van der Waals surface area contributed by atoms with Crippen LogP contribution in [0.15, 0.2) is 29.2 Å². The molecule has 1 saturated heterocycles. The molecular weight excluding hydrogens is 420 g/mol. The zero-order chi connectivity index (χ0) is 22.1. The van der Waals surface area contributed by atoms with Gasteiger partial charge < -0.3 is 5.32 Å². The average molecular weight is 451 g/mol. The van der Waals surface area contributed by atoms with Crippen LogP contribution in [0.1, 0.15) is 63.9 Å². The highest BCUT2D eigenvalue weighted by Crippen LogP contribution is 2.29. The summed E-state index contributed by atoms with van der Waals surface area (Å²) in [5.74, 6) is -0.00442. The third-order valence-electron chi connectivity index (χ3n) is 5.31. The van der Waals surface area contributed by atoms with E-state index in [1.807, 2.05) is 32.9 Å². The minimum Gasteiger partial charge on any atom is -0.300 e. The predicted molar refractivity (Wildman–Crippen MR) is 119 cm³/mol. The highest BCUT2D eigenvalue weighted by molar-refractivity contribution is 7.89. The number of aromatic nitrogens is 2. The van der Waals surface area contributed by atoms with E-state index in [4.69, 9.17) is 0 Å². The van der Waals surface area contributed by atoms with Crippen LogP contribution in [0, 0.1) is 5.92 Å². The number of hydrogen-bond donors (Lipinski definition) is 1. The number of amides is 1. The van der Waals surface area contributed by atoms with E-state index in [1.54, 1.807) is 12.1 Å². The number of piperidine rings is 1. The Morgan fingerprint density at radius 2 is 1.73 bits per heavy atom. The van der Waals surface area contributed by atoms with E-state index < -0.39 is 10.0 Å². The van der Waals surface area contributed by atoms with Crippen molar-refractivity contribution < 1.29 is 13.2 Å². The summed E-state index contributed by atoms with van der Waals surface area (Å²) in [5, 5.41) is 12.4. The number of hydrogen-bond acceptors (Lipinski definition) is 6. The van der Waals surface area contributed by atoms with E-state index >= 15 is 0 Å². The molecule has 2 aromatic rings. The Bertz CT molecular complexity index is 984. The monoisotopic (exact) mass is 450 g/mol. The van der Waals surface area contributed by atoms with Crippen molar-refractivity contribution >= 4 is 32.4 Å². The Balaban J connectivity index is 1.59. The zero-order valence-electron chi connectivity index (χ0n) is 18.2. The third kappa shape index (κ3) is 5.07. The van der Waals surface area contributed by atoms with Gasteiger partial charge in [0.05, 0.1) is 4.90 Å². The van der Waals surface area contributed by atoms with Crippen molar-refractivity contribution in [3.8, 4) is 0 Å². The van der Waals surface area contributed by atoms with E-state index in [9.17, 15) is 13.2 Å². The largest absolute Gasteiger partial charge is 0.300 e. The van der Waals surface area contributed by atoms with Crippen molar-refractivity contribution in [1.82, 2.24) is 14.5 Å². The number of sulfonamides is 1. The molecule has 3 rings (SSSR count). The van der Waals surface area contributed by atoms with Crippen LogP contribution in [0.2, 0.25) is 0 Å². The summed E-state index contributed by atoms with van der Waals surface area (Å²) in [7, 11) is -3.54. The number of anilines is 1. The molecule has 1 N–H and O–H groups in total. The molecule has 1 aliphatic heterocycles. The second-order valence-corrected chi connectivity index (χ2v) is 12.0. The molecule has 9 heteroatoms. The number of carbonyl (C=O) groups is 1. The first-order valence-electron chi connectivity index (χ1n) is 10.2. The van der Waals surface area contributed by atoms with Gasteiger partial charge in [0.25, 0.3) is 0 Å². The normalized spacial score (nSPS) is 16.7. The van der Waals surface area contributed by atoms with Gasteiger partial charge in [0.15, 0.2) is 0 Å². The topological polar surface area (TPSA) is 92.3 Å². The molecule has 164 valence electrons. The highest BCUT2D eigenvalue weighted by Gasteiger charge is 2.32. The number of benzene rings is 1. The number of rotatable bonds is 5. The maximum absolute atomic E-state index is 12.9. The number of carbonyl (C=O) groups excluding carboxylic acids is 1. The van der Waals surface area contributed by atoms with Crippen LogP contribution in [0.3, 0.4) is 0 Å². The lowest BCUT2D eigenvalue weighted by Gasteiger charge is -2.30. The van der Waals surface area contributed by atoms with E-state index in [-0.39, 0.29) is 17.2 Å². The zero-order valence-corrected chi connectivity index (χ0v) is 19.8. The third-order valence-corrected chi connectivity index (χ3v) is 8.48. The Morgan fingerprint density at radius 1 is 1.13 bits per heavy atom. The lowest BCUT2D eigenvalue weighted by molar-refractivity contribution is -0.120. The molecule has 0 radical (unpaired) electrons. The molecule has 0 aliphatic carbocycles. The summed E-state index contributed by atoms with van der Waals surface area (Å²) >= 11 is 1.38. The molecule has 0 bridgehead atoms. The first-order chi connectivity index (χ1) is 14.0. The van der Waals surface area contributed by atoms with E-state index in [2.05, 4.69) is 29.4 Å². The standard InChI is InChI=1S/C21H30N4O3S2/c1-14(2)15-6-8-17(9-7-15)30(27,28)25-12-10-16(11-13-25)18(26)22-20-24-23-19(29-20)21(3,4)5/h6-9,14,16H,10-13H2,1-5H3,(H,22,24,26). The fraction of sp³-hybridized carbons (Fsp3) is 0.571. The molecule has 1 aliphatic rings. The minimum absolute atomic E-state index is 0.117. The highest BCUT2D eigenvalue weighted by atomic mass is 32.2. The number of nitrogens with zero attached hydrogens (tertiary/aromatic N) is 3. The first-order valence-corrected chi connectivity index (χ1v) is 12.5. The molecule has 0 spiro atoms. The second-order valence-electron chi connectivity index (χ2n) is 9.05. The van der Waals surface area contributed by atoms with Crippen LogP contribution in [0.5, 0.6) is 0 Å². The lowest BCUT2D eigenvalue weighted by Crippen LogP contribution is -2.41. The molecule has 30 heavy (non-hydrogen) atoms. The van der Waals surface area contributed by atoms with Gasteiger partial charge in [-0.15, -0.1) is 10.2 Å². The van der Waals surface area contributed by atoms with Gasteiger partial charge >= 0.3 is 0 Å². The maximum atomic E-state index is 12.9. The quantitative estimate of drug-likeness (QED) is 0.743. The minimum atomic E-state index is -3.54. The summed E-state index contributed by atoms with van der Waals surface area (Å²) in [6.07, 6.45) is 0.972. The Kier molecular flexibility index (Phi) is 6.64. The van der Waals surface area contributed by atoms with Crippen LogP contribution >= 0.6 is 11.3 Å². The van der Waals surface area contributed by atoms with Gasteiger partial charge in [-0.1, -0.05) is 58.1 Å². The summed E-state index contributed by atoms with van der Waals surface area (Å²) < 4.78 is 27.4. The van der Waals surface area contributed by atoms with Crippen molar-refractivity contribution in [2.75, 3.05) is 18.4 Å². The van der Waals surface area contributed by atoms with Crippen molar-refractivity contribution in [3.63, 3.8) is 0 Å². The smallest absolute Gasteiger partial charge is 0.243 e. The summed E-state index contributed by atoms with van der Waals surface area (Å²) in [6, 6.07) is 7.08. The Morgan fingerprint density at radius 3 is 2.23 bits per heavy atom. The molecule has 1 aromatic carbocycles. The van der Waals surface area contributed by atoms with Gasteiger partial charge in [-0.05, 0) is 36.5 Å². The van der Waals surface area contributed by atoms with Gasteiger partial charge in [-0.3, -0.25) is 4.79 Å². The average Bonchev–Trinajstić information content (AvgIpc) is 3.17. The maximum Gasteiger partial charge on any atom is 0.243 e. The van der Waals surface area contributed by atoms with Crippen LogP contribution in [-0.2, 0) is 20.2 Å². The summed E-state index contributed by atoms with van der Waals surface area (Å²) in [5.41, 5.74) is 0.990. The predicted octanol–water partition coefficient (Wildman–Crippen LogP) is 4.00. The van der Waals surface area contributed by atoms with Gasteiger partial charge in [0.2, 0.25) is 21.1 Å². The molecular formula is C21H30N4O3S2. The molecule has 7 nitrogen and oxygen atoms in total. The SMILES string of the molecule is CC(C)c1ccc(S(=O)(=O)N2CCC(C(=O)Nc3nnc(C(C)(C)C)s3)CC2)cc1. The second kappa shape index (κ2) is 8.72. The molecule has 0 atom stereocenters. The molecule has 1 amide bonds. The Labute approximate surface area is 183 Å². The number of nitrogens with one attached hydrogen (secondary N) is 1. The van der Waals surface area contributed by atoms with Gasteiger partial charge in [-0.25, -0.2) is 8.42 Å². The Hall–Kier alpha value is -1.84. The van der Waals surface area contributed by atoms with Gasteiger partial charge in [0.1, 0.15) is 5.01 Å². The molecule has 1 aromatic heterocycles. The van der Waals surface area contributed by atoms with Gasteiger partial charge in [-0.2, -0.15) is 4.31 Å². The van der Waals surface area contributed by atoms with Gasteiger partial charge in [0, 0.05) is 24.4 Å². The van der Waals surface area contributed by atoms with E-state index in [1.165, 1.54) is 15.6 Å². The van der Waals surface area contributed by atoms with E-state index in [0.717, 1.165) is 10.6 Å². The van der Waals surface area contributed by atoms with Crippen LogP contribution < -0.4 is 5.32 Å². The molecule has 2 heterocycles. The fourth-order valence-corrected chi connectivity index (χ4v) is 5.59. The summed E-state index contributed by atoms with van der Waals surface area (Å²) in [6.45, 7) is 10.9. The molecule has 0 unspecified atom stereocenters. The van der Waals surface area contributed by atoms with E-state index in [0.29, 0.717) is 41.9 Å². The fourth-order valence-electron chi connectivity index (χ4n) is 3.32. The van der Waals surface area contributed by atoms with Crippen molar-refractivity contribution in [2.45, 2.75) is 63.7 Å². The van der Waals surface area contributed by atoms with Crippen LogP contribution in [0.4, 0.5) is 5.13 Å². The molecule has 0 saturated carbocycles. The first kappa shape index (κ1) is 22.8. The summed E-state index contributed by atoms with van der Waals surface area (Å²) in [4.78, 5) is 12.9. The van der Waals surface area contributed by atoms with Crippen molar-refractivity contribution in [2.24, 2.45) is 5.92 Å². The van der Waals surface area contributed by atoms with Crippen LogP contribution in [0.25, 0.3) is 0 Å². The lowest BCUT2D eigenvalue weighted by atomic mass is 9.97. The molecule has 1 fully saturated rings.